The van der Waals surface area contributed by atoms with Crippen molar-refractivity contribution in [1.82, 2.24) is 0 Å². The van der Waals surface area contributed by atoms with Crippen LogP contribution in [0.25, 0.3) is 22.3 Å². The van der Waals surface area contributed by atoms with Gasteiger partial charge in [-0.3, -0.25) is 12.2 Å². The molecule has 4 aliphatic carbocycles. The number of hydrogen-bond donors (Lipinski definition) is 0. The standard InChI is InChI=1S/C25H25.C13H10.C10H17Si.Zr/c1-14-12-24(3,4)22-8-16-7-17-9-23-19(15(2)13-25(23,5)6)11-21(17)20(16)10-18(14)22;1-3-7-12(8-4-1)11-13-9-5-2-6-10-13;1-8-6-9(2)10(7-8)11(3,4)5;/h8-12H,7H2,1-6H3;1-10H;7-8H,1-5H3;/q-1;;-1;+2. The molecule has 8 rings (SSSR count). The first kappa shape index (κ1) is 36.6. The van der Waals surface area contributed by atoms with E-state index in [0.717, 1.165) is 6.42 Å². The summed E-state index contributed by atoms with van der Waals surface area (Å²) in [4.78, 5) is 0. The second-order valence-corrected chi connectivity index (χ2v) is 23.0. The third kappa shape index (κ3) is 7.26. The summed E-state index contributed by atoms with van der Waals surface area (Å²) in [6.45, 7) is 25.2. The predicted octanol–water partition coefficient (Wildman–Crippen LogP) is 12.4. The van der Waals surface area contributed by atoms with Gasteiger partial charge in [0.15, 0.2) is 0 Å². The molecule has 0 saturated heterocycles. The van der Waals surface area contributed by atoms with E-state index in [9.17, 15) is 0 Å². The SMILES string of the molecule is CC1=[C-]C(C)(C)c2cc3c(cc21)-c1cc2c(cc1C3)C(C)(C)C=C2C.CC1=[C-]C(C)C=C1[Si](C)(C)C.[Zr+2]=[C](c1ccccc1)c1ccccc1. The van der Waals surface area contributed by atoms with Crippen molar-refractivity contribution in [2.45, 2.75) is 92.3 Å². The number of benzene rings is 4. The first-order chi connectivity index (χ1) is 23.5. The van der Waals surface area contributed by atoms with Crippen LogP contribution in [0, 0.1) is 18.1 Å². The van der Waals surface area contributed by atoms with Crippen LogP contribution in [-0.4, -0.2) is 11.3 Å². The second-order valence-electron chi connectivity index (χ2n) is 16.7. The summed E-state index contributed by atoms with van der Waals surface area (Å²) < 4.78 is 1.42. The summed E-state index contributed by atoms with van der Waals surface area (Å²) in [5, 5.41) is 1.60. The third-order valence-corrected chi connectivity index (χ3v) is 14.2. The Morgan fingerprint density at radius 2 is 1.22 bits per heavy atom. The Kier molecular flexibility index (Phi) is 10.1. The van der Waals surface area contributed by atoms with E-state index in [4.69, 9.17) is 0 Å². The summed E-state index contributed by atoms with van der Waals surface area (Å²) in [5.74, 6) is 0.553. The molecule has 1 atom stereocenters. The van der Waals surface area contributed by atoms with E-state index in [-0.39, 0.29) is 10.8 Å². The first-order valence-electron chi connectivity index (χ1n) is 18.2. The summed E-state index contributed by atoms with van der Waals surface area (Å²) in [6, 6.07) is 30.9. The normalized spacial score (nSPS) is 18.5. The van der Waals surface area contributed by atoms with Gasteiger partial charge >= 0.3 is 99.2 Å². The fourth-order valence-electron chi connectivity index (χ4n) is 8.30. The van der Waals surface area contributed by atoms with Crippen LogP contribution in [0.15, 0.2) is 108 Å². The molecule has 0 bridgehead atoms. The second kappa shape index (κ2) is 13.7. The number of hydrogen-bond acceptors (Lipinski definition) is 0. The van der Waals surface area contributed by atoms with Crippen LogP contribution in [-0.2, 0) is 41.5 Å². The average molecular weight is 748 g/mol. The molecule has 2 heteroatoms. The van der Waals surface area contributed by atoms with Crippen molar-refractivity contribution >= 4 is 22.4 Å². The minimum atomic E-state index is -1.07. The number of fused-ring (bicyclic) bond motifs is 5. The van der Waals surface area contributed by atoms with E-state index in [1.54, 1.807) is 5.20 Å². The molecular formula is C48H52SiZr. The molecule has 1 unspecified atom stereocenters. The molecule has 0 saturated carbocycles. The molecule has 252 valence electrons. The fourth-order valence-corrected chi connectivity index (χ4v) is 11.1. The van der Waals surface area contributed by atoms with Gasteiger partial charge in [0.2, 0.25) is 0 Å². The summed E-state index contributed by atoms with van der Waals surface area (Å²) in [7, 11) is -1.07. The molecule has 0 aliphatic heterocycles. The topological polar surface area (TPSA) is 0 Å². The Balaban J connectivity index is 0.000000146. The molecule has 0 radical (unpaired) electrons. The van der Waals surface area contributed by atoms with Crippen LogP contribution < -0.4 is 0 Å². The van der Waals surface area contributed by atoms with Crippen LogP contribution in [0.5, 0.6) is 0 Å². The number of allylic oxidation sites excluding steroid dienone is 8. The molecule has 4 aliphatic rings. The third-order valence-electron chi connectivity index (χ3n) is 10.6. The van der Waals surface area contributed by atoms with Crippen molar-refractivity contribution in [2.75, 3.05) is 0 Å². The summed E-state index contributed by atoms with van der Waals surface area (Å²) >= 11 is 1.46. The van der Waals surface area contributed by atoms with Gasteiger partial charge in [0, 0.05) is 5.41 Å². The zero-order valence-corrected chi connectivity index (χ0v) is 35.5. The molecule has 0 N–H and O–H groups in total. The zero-order chi connectivity index (χ0) is 36.2. The van der Waals surface area contributed by atoms with Gasteiger partial charge in [-0.2, -0.15) is 11.6 Å². The van der Waals surface area contributed by atoms with Crippen LogP contribution in [0.4, 0.5) is 0 Å². The molecule has 0 amide bonds. The van der Waals surface area contributed by atoms with Gasteiger partial charge in [-0.25, -0.2) is 16.3 Å². The van der Waals surface area contributed by atoms with E-state index in [1.807, 2.05) is 0 Å². The van der Waals surface area contributed by atoms with Gasteiger partial charge < -0.3 is 0 Å². The maximum atomic E-state index is 3.65. The first-order valence-corrected chi connectivity index (χ1v) is 22.9. The molecule has 4 aromatic rings. The van der Waals surface area contributed by atoms with Crippen molar-refractivity contribution < 1.29 is 24.2 Å². The quantitative estimate of drug-likeness (QED) is 0.127. The minimum absolute atomic E-state index is 0.0340. The molecular weight excluding hydrogens is 696 g/mol. The molecule has 0 spiro atoms. The Labute approximate surface area is 318 Å². The summed E-state index contributed by atoms with van der Waals surface area (Å²) in [6.07, 6.45) is 12.9. The van der Waals surface area contributed by atoms with Crippen LogP contribution in [0.1, 0.15) is 99.9 Å². The monoisotopic (exact) mass is 746 g/mol. The van der Waals surface area contributed by atoms with E-state index >= 15 is 0 Å². The Hall–Kier alpha value is -3.19. The summed E-state index contributed by atoms with van der Waals surface area (Å²) in [5.41, 5.74) is 18.6. The van der Waals surface area contributed by atoms with Gasteiger partial charge in [0.05, 0.1) is 0 Å². The average Bonchev–Trinajstić information content (AvgIpc) is 3.74. The van der Waals surface area contributed by atoms with Gasteiger partial charge in [0.25, 0.3) is 0 Å². The molecule has 4 aromatic carbocycles. The Bertz CT molecular complexity index is 1970. The van der Waals surface area contributed by atoms with Gasteiger partial charge in [0.1, 0.15) is 0 Å². The van der Waals surface area contributed by atoms with E-state index in [1.165, 1.54) is 99.8 Å². The van der Waals surface area contributed by atoms with Crippen LogP contribution in [0.2, 0.25) is 19.6 Å². The van der Waals surface area contributed by atoms with Crippen molar-refractivity contribution in [3.63, 3.8) is 0 Å². The number of rotatable bonds is 3. The van der Waals surface area contributed by atoms with Gasteiger partial charge in [-0.1, -0.05) is 97.6 Å². The zero-order valence-electron chi connectivity index (χ0n) is 32.0. The van der Waals surface area contributed by atoms with Crippen LogP contribution >= 0.6 is 0 Å². The van der Waals surface area contributed by atoms with Crippen LogP contribution in [0.3, 0.4) is 0 Å². The molecule has 0 aromatic heterocycles. The predicted molar refractivity (Wildman–Crippen MR) is 216 cm³/mol. The Morgan fingerprint density at radius 1 is 0.700 bits per heavy atom. The fraction of sp³-hybridized carbons (Fsp3) is 0.312. The molecule has 0 heterocycles. The Morgan fingerprint density at radius 3 is 1.70 bits per heavy atom. The van der Waals surface area contributed by atoms with E-state index < -0.39 is 8.07 Å². The molecule has 0 nitrogen and oxygen atoms in total. The van der Waals surface area contributed by atoms with E-state index in [0.29, 0.717) is 5.92 Å². The van der Waals surface area contributed by atoms with Crippen molar-refractivity contribution in [1.29, 1.82) is 0 Å². The molecule has 0 fully saturated rings. The van der Waals surface area contributed by atoms with Gasteiger partial charge in [-0.15, -0.1) is 11.6 Å². The van der Waals surface area contributed by atoms with Crippen molar-refractivity contribution in [2.24, 2.45) is 5.92 Å². The van der Waals surface area contributed by atoms with Crippen molar-refractivity contribution in [3.05, 3.63) is 165 Å². The van der Waals surface area contributed by atoms with Gasteiger partial charge in [-0.05, 0) is 66.4 Å². The van der Waals surface area contributed by atoms with E-state index in [2.05, 4.69) is 184 Å². The van der Waals surface area contributed by atoms with Crippen molar-refractivity contribution in [3.8, 4) is 11.1 Å². The molecule has 50 heavy (non-hydrogen) atoms. The maximum absolute atomic E-state index is 3.65.